The Balaban J connectivity index is 1.28. The minimum Gasteiger partial charge on any atom is -0.368 e. The summed E-state index contributed by atoms with van der Waals surface area (Å²) in [6.07, 6.45) is 3.06. The van der Waals surface area contributed by atoms with Crippen molar-refractivity contribution in [3.8, 4) is 0 Å². The third kappa shape index (κ3) is 4.90. The minimum absolute atomic E-state index is 0.0757. The smallest absolute Gasteiger partial charge is 0.350 e. The number of carbonyl (C=O) groups excluding carboxylic acids is 1. The van der Waals surface area contributed by atoms with Crippen molar-refractivity contribution in [2.45, 2.75) is 20.0 Å². The Morgan fingerprint density at radius 1 is 1.00 bits per heavy atom. The van der Waals surface area contributed by atoms with E-state index in [0.29, 0.717) is 24.6 Å². The number of anilines is 2. The summed E-state index contributed by atoms with van der Waals surface area (Å²) in [5.41, 5.74) is 2.55. The molecule has 0 atom stereocenters. The van der Waals surface area contributed by atoms with E-state index in [9.17, 15) is 18.4 Å². The quantitative estimate of drug-likeness (QED) is 0.443. The van der Waals surface area contributed by atoms with E-state index in [-0.39, 0.29) is 18.7 Å². The Hall–Kier alpha value is -4.28. The van der Waals surface area contributed by atoms with Crippen molar-refractivity contribution in [2.24, 2.45) is 0 Å². The number of benzene rings is 2. The van der Waals surface area contributed by atoms with Gasteiger partial charge in [0, 0.05) is 56.9 Å². The van der Waals surface area contributed by atoms with E-state index in [1.54, 1.807) is 6.20 Å². The van der Waals surface area contributed by atoms with Crippen molar-refractivity contribution in [2.75, 3.05) is 36.0 Å². The fraction of sp³-hybridized carbons (Fsp3) is 0.280. The molecule has 2 aromatic heterocycles. The van der Waals surface area contributed by atoms with Crippen LogP contribution >= 0.6 is 0 Å². The maximum atomic E-state index is 13.4. The molecule has 4 aromatic rings. The number of halogens is 2. The number of aromatic nitrogens is 4. The Morgan fingerprint density at radius 2 is 1.67 bits per heavy atom. The number of hydrogen-bond acceptors (Lipinski definition) is 6. The molecule has 11 heteroatoms. The molecule has 3 heterocycles. The van der Waals surface area contributed by atoms with Gasteiger partial charge >= 0.3 is 5.69 Å². The highest BCUT2D eigenvalue weighted by Gasteiger charge is 2.23. The van der Waals surface area contributed by atoms with Gasteiger partial charge < -0.3 is 15.1 Å². The van der Waals surface area contributed by atoms with Crippen molar-refractivity contribution < 1.29 is 13.6 Å². The third-order valence-electron chi connectivity index (χ3n) is 6.17. The fourth-order valence-corrected chi connectivity index (χ4v) is 4.30. The predicted molar refractivity (Wildman–Crippen MR) is 131 cm³/mol. The van der Waals surface area contributed by atoms with Crippen LogP contribution in [0.1, 0.15) is 11.1 Å². The van der Waals surface area contributed by atoms with Gasteiger partial charge in [0.1, 0.15) is 18.2 Å². The summed E-state index contributed by atoms with van der Waals surface area (Å²) in [6.45, 7) is 4.63. The lowest BCUT2D eigenvalue weighted by Gasteiger charge is -2.36. The molecular formula is C25H25F2N7O2. The second-order valence-corrected chi connectivity index (χ2v) is 8.75. The van der Waals surface area contributed by atoms with Crippen molar-refractivity contribution in [1.82, 2.24) is 24.5 Å². The van der Waals surface area contributed by atoms with Crippen LogP contribution in [0.25, 0.3) is 5.65 Å². The lowest BCUT2D eigenvalue weighted by molar-refractivity contribution is -0.122. The van der Waals surface area contributed by atoms with Gasteiger partial charge in [-0.1, -0.05) is 17.7 Å². The topological polar surface area (TPSA) is 87.8 Å². The Labute approximate surface area is 205 Å². The van der Waals surface area contributed by atoms with Gasteiger partial charge in [-0.3, -0.25) is 4.79 Å². The number of carbonyl (C=O) groups is 1. The maximum Gasteiger partial charge on any atom is 0.350 e. The number of nitrogens with one attached hydrogen (secondary N) is 1. The molecule has 0 bridgehead atoms. The molecule has 0 aliphatic carbocycles. The second kappa shape index (κ2) is 9.76. The summed E-state index contributed by atoms with van der Waals surface area (Å²) in [5, 5.41) is 6.93. The normalized spacial score (nSPS) is 13.9. The summed E-state index contributed by atoms with van der Waals surface area (Å²) < 4.78 is 29.1. The highest BCUT2D eigenvalue weighted by atomic mass is 19.1. The van der Waals surface area contributed by atoms with Gasteiger partial charge in [-0.15, -0.1) is 5.10 Å². The zero-order chi connectivity index (χ0) is 25.2. The predicted octanol–water partition coefficient (Wildman–Crippen LogP) is 2.12. The largest absolute Gasteiger partial charge is 0.368 e. The first-order valence-electron chi connectivity index (χ1n) is 11.6. The number of aryl methyl sites for hydroxylation is 1. The molecule has 9 nitrogen and oxygen atoms in total. The van der Waals surface area contributed by atoms with E-state index >= 15 is 0 Å². The summed E-state index contributed by atoms with van der Waals surface area (Å²) in [6, 6.07) is 11.4. The monoisotopic (exact) mass is 493 g/mol. The van der Waals surface area contributed by atoms with E-state index in [4.69, 9.17) is 0 Å². The van der Waals surface area contributed by atoms with Crippen molar-refractivity contribution in [1.29, 1.82) is 0 Å². The fourth-order valence-electron chi connectivity index (χ4n) is 4.30. The van der Waals surface area contributed by atoms with Crippen molar-refractivity contribution in [3.05, 3.63) is 88.1 Å². The highest BCUT2D eigenvalue weighted by Crippen LogP contribution is 2.21. The van der Waals surface area contributed by atoms with Gasteiger partial charge in [0.15, 0.2) is 5.82 Å². The van der Waals surface area contributed by atoms with E-state index in [0.717, 1.165) is 36.0 Å². The van der Waals surface area contributed by atoms with Crippen LogP contribution in [-0.2, 0) is 17.9 Å². The molecule has 36 heavy (non-hydrogen) atoms. The van der Waals surface area contributed by atoms with Crippen LogP contribution in [0.2, 0.25) is 0 Å². The number of nitrogens with zero attached hydrogens (tertiary/aromatic N) is 6. The standard InChI is InChI=1S/C25H25F2N7O2/c1-17-2-4-21(5-3-17)31-8-10-32(11-9-31)23-24-30-34(25(36)33(24)7-6-28-23)16-22(35)29-15-18-12-19(26)14-20(27)13-18/h2-7,12-14H,8-11,15-16H2,1H3,(H,29,35). The van der Waals surface area contributed by atoms with Crippen LogP contribution in [0.4, 0.5) is 20.3 Å². The molecule has 1 saturated heterocycles. The number of hydrogen-bond donors (Lipinski definition) is 1. The first-order chi connectivity index (χ1) is 17.4. The third-order valence-corrected chi connectivity index (χ3v) is 6.17. The first-order valence-corrected chi connectivity index (χ1v) is 11.6. The number of rotatable bonds is 6. The molecule has 0 radical (unpaired) electrons. The first kappa shape index (κ1) is 23.5. The van der Waals surface area contributed by atoms with Gasteiger partial charge in [-0.25, -0.2) is 27.6 Å². The molecule has 0 unspecified atom stereocenters. The van der Waals surface area contributed by atoms with Crippen LogP contribution in [0.5, 0.6) is 0 Å². The van der Waals surface area contributed by atoms with Gasteiger partial charge in [0.05, 0.1) is 0 Å². The molecule has 2 aromatic carbocycles. The molecule has 5 rings (SSSR count). The van der Waals surface area contributed by atoms with Crippen molar-refractivity contribution >= 4 is 23.1 Å². The summed E-state index contributed by atoms with van der Waals surface area (Å²) in [5.74, 6) is -1.38. The zero-order valence-corrected chi connectivity index (χ0v) is 19.7. The highest BCUT2D eigenvalue weighted by molar-refractivity contribution is 5.75. The second-order valence-electron chi connectivity index (χ2n) is 8.75. The van der Waals surface area contributed by atoms with Crippen LogP contribution in [-0.4, -0.2) is 51.3 Å². The van der Waals surface area contributed by atoms with Crippen LogP contribution in [0.15, 0.2) is 59.7 Å². The number of fused-ring (bicyclic) bond motifs is 1. The average Bonchev–Trinajstić information content (AvgIpc) is 3.18. The van der Waals surface area contributed by atoms with E-state index in [2.05, 4.69) is 56.4 Å². The van der Waals surface area contributed by atoms with Crippen molar-refractivity contribution in [3.63, 3.8) is 0 Å². The summed E-state index contributed by atoms with van der Waals surface area (Å²) in [7, 11) is 0. The maximum absolute atomic E-state index is 13.4. The molecular weight excluding hydrogens is 468 g/mol. The average molecular weight is 494 g/mol. The van der Waals surface area contributed by atoms with E-state index in [1.165, 1.54) is 21.8 Å². The lowest BCUT2D eigenvalue weighted by Crippen LogP contribution is -2.47. The van der Waals surface area contributed by atoms with Gasteiger partial charge in [-0.05, 0) is 36.8 Å². The number of amides is 1. The van der Waals surface area contributed by atoms with Crippen LogP contribution < -0.4 is 20.8 Å². The van der Waals surface area contributed by atoms with Gasteiger partial charge in [0.2, 0.25) is 11.6 Å². The Bertz CT molecular complexity index is 1440. The zero-order valence-electron chi connectivity index (χ0n) is 19.7. The molecule has 0 spiro atoms. The molecule has 1 fully saturated rings. The summed E-state index contributed by atoms with van der Waals surface area (Å²) >= 11 is 0. The summed E-state index contributed by atoms with van der Waals surface area (Å²) in [4.78, 5) is 34.1. The molecule has 1 aliphatic heterocycles. The molecule has 1 aliphatic rings. The molecule has 186 valence electrons. The number of piperazine rings is 1. The van der Waals surface area contributed by atoms with E-state index < -0.39 is 23.2 Å². The Kier molecular flexibility index (Phi) is 6.36. The van der Waals surface area contributed by atoms with Crippen LogP contribution in [0.3, 0.4) is 0 Å². The van der Waals surface area contributed by atoms with Gasteiger partial charge in [0.25, 0.3) is 0 Å². The SMILES string of the molecule is Cc1ccc(N2CCN(c3nccn4c(=O)n(CC(=O)NCc5cc(F)cc(F)c5)nc34)CC2)cc1. The Morgan fingerprint density at radius 3 is 2.36 bits per heavy atom. The van der Waals surface area contributed by atoms with Gasteiger partial charge in [-0.2, -0.15) is 0 Å². The molecule has 0 saturated carbocycles. The molecule has 1 amide bonds. The molecule has 1 N–H and O–H groups in total. The lowest BCUT2D eigenvalue weighted by atomic mass is 10.2. The van der Waals surface area contributed by atoms with Crippen LogP contribution in [0, 0.1) is 18.6 Å². The van der Waals surface area contributed by atoms with E-state index in [1.807, 2.05) is 0 Å². The minimum atomic E-state index is -0.726.